The fourth-order valence-corrected chi connectivity index (χ4v) is 2.55. The Bertz CT molecular complexity index is 555. The van der Waals surface area contributed by atoms with Crippen LogP contribution in [0.2, 0.25) is 0 Å². The summed E-state index contributed by atoms with van der Waals surface area (Å²) in [6.07, 6.45) is 0. The second kappa shape index (κ2) is 6.40. The van der Waals surface area contributed by atoms with Gasteiger partial charge in [-0.25, -0.2) is 13.1 Å². The van der Waals surface area contributed by atoms with Gasteiger partial charge in [-0.1, -0.05) is 0 Å². The van der Waals surface area contributed by atoms with Crippen LogP contribution in [0.3, 0.4) is 0 Å². The molecule has 0 bridgehead atoms. The lowest BCUT2D eigenvalue weighted by Gasteiger charge is -2.20. The van der Waals surface area contributed by atoms with Crippen LogP contribution in [0.5, 0.6) is 11.5 Å². The van der Waals surface area contributed by atoms with Gasteiger partial charge < -0.3 is 19.7 Å². The average Bonchev–Trinajstić information content (AvgIpc) is 2.44. The number of aliphatic hydroxyl groups excluding tert-OH is 1. The number of methoxy groups -OCH3 is 2. The summed E-state index contributed by atoms with van der Waals surface area (Å²) >= 11 is 0. The van der Waals surface area contributed by atoms with E-state index in [1.165, 1.54) is 39.3 Å². The second-order valence-electron chi connectivity index (χ2n) is 4.50. The Kier molecular flexibility index (Phi) is 5.35. The summed E-state index contributed by atoms with van der Waals surface area (Å²) in [5, 5.41) is 18.5. The van der Waals surface area contributed by atoms with Crippen molar-refractivity contribution in [3.63, 3.8) is 0 Å². The molecule has 0 aromatic heterocycles. The van der Waals surface area contributed by atoms with E-state index in [1.54, 1.807) is 0 Å². The lowest BCUT2D eigenvalue weighted by atomic mass is 10.1. The molecule has 1 aromatic carbocycles. The number of nitrogens with one attached hydrogen (secondary N) is 1. The quantitative estimate of drug-likeness (QED) is 0.640. The third-order valence-corrected chi connectivity index (χ3v) is 4.05. The Labute approximate surface area is 118 Å². The van der Waals surface area contributed by atoms with Crippen molar-refractivity contribution in [2.45, 2.75) is 17.4 Å². The minimum Gasteiger partial charge on any atom is -0.493 e. The van der Waals surface area contributed by atoms with E-state index in [9.17, 15) is 13.5 Å². The molecule has 0 heterocycles. The Hall–Kier alpha value is -1.35. The molecular formula is C12H19NO6S. The summed E-state index contributed by atoms with van der Waals surface area (Å²) in [5.74, 6) is 0.693. The first-order valence-electron chi connectivity index (χ1n) is 5.80. The Balaban J connectivity index is 2.98. The highest BCUT2D eigenvalue weighted by atomic mass is 32.2. The monoisotopic (exact) mass is 305 g/mol. The van der Waals surface area contributed by atoms with E-state index in [0.717, 1.165) is 0 Å². The highest BCUT2D eigenvalue weighted by Gasteiger charge is 2.24. The fraction of sp³-hybridized carbons (Fsp3) is 0.500. The molecule has 0 spiro atoms. The van der Waals surface area contributed by atoms with Gasteiger partial charge in [0.25, 0.3) is 0 Å². The minimum atomic E-state index is -3.82. The van der Waals surface area contributed by atoms with Gasteiger partial charge in [0.05, 0.1) is 31.3 Å². The number of aliphatic hydroxyl groups is 2. The predicted octanol–water partition coefficient (Wildman–Crippen LogP) is -0.275. The molecule has 0 saturated carbocycles. The van der Waals surface area contributed by atoms with E-state index >= 15 is 0 Å². The SMILES string of the molecule is COc1ccc(S(=O)(=O)NCC(C)(O)CO)cc1OC. The lowest BCUT2D eigenvalue weighted by Crippen LogP contribution is -2.43. The van der Waals surface area contributed by atoms with Gasteiger partial charge in [0.15, 0.2) is 11.5 Å². The van der Waals surface area contributed by atoms with Crippen molar-refractivity contribution < 1.29 is 28.1 Å². The molecule has 0 aliphatic rings. The number of ether oxygens (including phenoxy) is 2. The number of benzene rings is 1. The first-order valence-corrected chi connectivity index (χ1v) is 7.29. The minimum absolute atomic E-state index is 0.0242. The van der Waals surface area contributed by atoms with Crippen LogP contribution < -0.4 is 14.2 Å². The Morgan fingerprint density at radius 1 is 1.25 bits per heavy atom. The van der Waals surface area contributed by atoms with Gasteiger partial charge in [0, 0.05) is 12.6 Å². The van der Waals surface area contributed by atoms with Gasteiger partial charge in [0.1, 0.15) is 0 Å². The highest BCUT2D eigenvalue weighted by Crippen LogP contribution is 2.29. The summed E-state index contributed by atoms with van der Waals surface area (Å²) < 4.78 is 36.4. The van der Waals surface area contributed by atoms with Crippen LogP contribution in [0.4, 0.5) is 0 Å². The highest BCUT2D eigenvalue weighted by molar-refractivity contribution is 7.89. The zero-order chi connectivity index (χ0) is 15.4. The van der Waals surface area contributed by atoms with Crippen molar-refractivity contribution in [2.75, 3.05) is 27.4 Å². The zero-order valence-electron chi connectivity index (χ0n) is 11.6. The largest absolute Gasteiger partial charge is 0.493 e. The molecular weight excluding hydrogens is 286 g/mol. The van der Waals surface area contributed by atoms with E-state index in [1.807, 2.05) is 0 Å². The summed E-state index contributed by atoms with van der Waals surface area (Å²) in [6, 6.07) is 4.14. The molecule has 8 heteroatoms. The summed E-state index contributed by atoms with van der Waals surface area (Å²) in [7, 11) is -0.970. The molecule has 0 radical (unpaired) electrons. The molecule has 7 nitrogen and oxygen atoms in total. The van der Waals surface area contributed by atoms with Crippen LogP contribution in [0, 0.1) is 0 Å². The Morgan fingerprint density at radius 3 is 2.35 bits per heavy atom. The van der Waals surface area contributed by atoms with Crippen molar-refractivity contribution in [2.24, 2.45) is 0 Å². The summed E-state index contributed by atoms with van der Waals surface area (Å²) in [5.41, 5.74) is -1.52. The molecule has 3 N–H and O–H groups in total. The number of hydrogen-bond acceptors (Lipinski definition) is 6. The van der Waals surface area contributed by atoms with Crippen LogP contribution >= 0.6 is 0 Å². The smallest absolute Gasteiger partial charge is 0.240 e. The number of sulfonamides is 1. The normalized spacial score (nSPS) is 14.7. The van der Waals surface area contributed by atoms with Gasteiger partial charge >= 0.3 is 0 Å². The van der Waals surface area contributed by atoms with E-state index in [2.05, 4.69) is 4.72 Å². The van der Waals surface area contributed by atoms with Crippen LogP contribution in [-0.2, 0) is 10.0 Å². The summed E-state index contributed by atoms with van der Waals surface area (Å²) in [6.45, 7) is 0.464. The van der Waals surface area contributed by atoms with Crippen molar-refractivity contribution in [1.29, 1.82) is 0 Å². The van der Waals surface area contributed by atoms with Crippen molar-refractivity contribution in [1.82, 2.24) is 4.72 Å². The third-order valence-electron chi connectivity index (χ3n) is 2.65. The van der Waals surface area contributed by atoms with E-state index in [4.69, 9.17) is 14.6 Å². The van der Waals surface area contributed by atoms with Gasteiger partial charge in [-0.15, -0.1) is 0 Å². The molecule has 20 heavy (non-hydrogen) atoms. The maximum Gasteiger partial charge on any atom is 0.240 e. The van der Waals surface area contributed by atoms with Gasteiger partial charge in [-0.2, -0.15) is 0 Å². The van der Waals surface area contributed by atoms with Crippen molar-refractivity contribution in [3.8, 4) is 11.5 Å². The maximum atomic E-state index is 12.1. The Morgan fingerprint density at radius 2 is 1.85 bits per heavy atom. The van der Waals surface area contributed by atoms with E-state index < -0.39 is 22.2 Å². The molecule has 114 valence electrons. The zero-order valence-corrected chi connectivity index (χ0v) is 12.4. The van der Waals surface area contributed by atoms with Crippen molar-refractivity contribution >= 4 is 10.0 Å². The van der Waals surface area contributed by atoms with E-state index in [0.29, 0.717) is 5.75 Å². The molecule has 1 unspecified atom stereocenters. The predicted molar refractivity (Wildman–Crippen MR) is 72.4 cm³/mol. The molecule has 0 amide bonds. The van der Waals surface area contributed by atoms with Gasteiger partial charge in [-0.05, 0) is 19.1 Å². The molecule has 0 saturated heterocycles. The lowest BCUT2D eigenvalue weighted by molar-refractivity contribution is 0.00681. The molecule has 0 fully saturated rings. The molecule has 1 aromatic rings. The second-order valence-corrected chi connectivity index (χ2v) is 6.26. The van der Waals surface area contributed by atoms with E-state index in [-0.39, 0.29) is 17.2 Å². The van der Waals surface area contributed by atoms with Crippen LogP contribution in [0.1, 0.15) is 6.92 Å². The summed E-state index contributed by atoms with van der Waals surface area (Å²) in [4.78, 5) is -0.0242. The van der Waals surface area contributed by atoms with Crippen LogP contribution in [0.25, 0.3) is 0 Å². The van der Waals surface area contributed by atoms with Gasteiger partial charge in [0.2, 0.25) is 10.0 Å². The number of rotatable bonds is 7. The van der Waals surface area contributed by atoms with Crippen LogP contribution in [0.15, 0.2) is 23.1 Å². The third kappa shape index (κ3) is 4.07. The molecule has 0 aliphatic heterocycles. The topological polar surface area (TPSA) is 105 Å². The van der Waals surface area contributed by atoms with Crippen molar-refractivity contribution in [3.05, 3.63) is 18.2 Å². The molecule has 1 rings (SSSR count). The van der Waals surface area contributed by atoms with Gasteiger partial charge in [-0.3, -0.25) is 0 Å². The average molecular weight is 305 g/mol. The number of hydrogen-bond donors (Lipinski definition) is 3. The molecule has 0 aliphatic carbocycles. The van der Waals surface area contributed by atoms with Crippen LogP contribution in [-0.4, -0.2) is 51.6 Å². The first kappa shape index (κ1) is 16.7. The first-order chi connectivity index (χ1) is 9.25. The standard InChI is InChI=1S/C12H19NO6S/c1-12(15,8-14)7-13-20(16,17)9-4-5-10(18-2)11(6-9)19-3/h4-6,13-15H,7-8H2,1-3H3. The fourth-order valence-electron chi connectivity index (χ4n) is 1.37. The molecule has 1 atom stereocenters. The maximum absolute atomic E-state index is 12.1.